The lowest BCUT2D eigenvalue weighted by Crippen LogP contribution is -2.20. The van der Waals surface area contributed by atoms with Crippen molar-refractivity contribution in [1.82, 2.24) is 14.8 Å². The number of aliphatic hydroxyl groups excluding tert-OH is 1. The van der Waals surface area contributed by atoms with Gasteiger partial charge in [0.05, 0.1) is 17.7 Å². The molecular weight excluding hydrogens is 436 g/mol. The number of aryl methyl sites for hydroxylation is 1. The van der Waals surface area contributed by atoms with E-state index in [1.807, 2.05) is 12.1 Å². The fourth-order valence-electron chi connectivity index (χ4n) is 3.09. The number of aliphatic hydroxyl groups is 1. The Morgan fingerprint density at radius 2 is 1.70 bits per heavy atom. The fraction of sp³-hybridized carbons (Fsp3) is 0.400. The number of hydrogen-bond donors (Lipinski definition) is 1. The lowest BCUT2D eigenvalue weighted by molar-refractivity contribution is 0.126. The first kappa shape index (κ1) is 24.6. The van der Waals surface area contributed by atoms with E-state index in [1.165, 1.54) is 17.3 Å². The molecule has 0 aliphatic carbocycles. The van der Waals surface area contributed by atoms with Crippen molar-refractivity contribution >= 4 is 11.8 Å². The summed E-state index contributed by atoms with van der Waals surface area (Å²) in [6, 6.07) is 17.0. The maximum atomic E-state index is 10.4. The first-order valence-electron chi connectivity index (χ1n) is 11.1. The molecule has 0 spiro atoms. The van der Waals surface area contributed by atoms with Crippen LogP contribution in [-0.2, 0) is 19.6 Å². The highest BCUT2D eigenvalue weighted by Gasteiger charge is 2.16. The monoisotopic (exact) mass is 466 g/mol. The number of nitrogens with zero attached hydrogens (tertiary/aromatic N) is 4. The number of thioether (sulfide) groups is 1. The van der Waals surface area contributed by atoms with Gasteiger partial charge in [0.2, 0.25) is 0 Å². The Morgan fingerprint density at radius 1 is 1.03 bits per heavy atom. The van der Waals surface area contributed by atoms with Gasteiger partial charge in [-0.15, -0.1) is 10.2 Å². The Labute approximate surface area is 199 Å². The molecule has 1 N–H and O–H groups in total. The van der Waals surface area contributed by atoms with Crippen molar-refractivity contribution in [3.05, 3.63) is 65.5 Å². The Bertz CT molecular complexity index is 1040. The van der Waals surface area contributed by atoms with Gasteiger partial charge in [-0.05, 0) is 54.3 Å². The third-order valence-electron chi connectivity index (χ3n) is 4.87. The molecule has 2 aromatic carbocycles. The molecule has 0 saturated carbocycles. The molecule has 0 radical (unpaired) electrons. The molecule has 174 valence electrons. The van der Waals surface area contributed by atoms with E-state index in [4.69, 9.17) is 14.7 Å². The van der Waals surface area contributed by atoms with Crippen molar-refractivity contribution in [2.24, 2.45) is 5.92 Å². The van der Waals surface area contributed by atoms with Crippen LogP contribution in [0.15, 0.2) is 53.7 Å². The molecule has 7 nitrogen and oxygen atoms in total. The Balaban J connectivity index is 1.56. The topological polar surface area (TPSA) is 93.2 Å². The Hall–Kier alpha value is -3.02. The number of hydrogen-bond acceptors (Lipinski definition) is 7. The van der Waals surface area contributed by atoms with Gasteiger partial charge >= 0.3 is 0 Å². The summed E-state index contributed by atoms with van der Waals surface area (Å²) in [5.74, 6) is 3.01. The minimum Gasteiger partial charge on any atom is -0.491 e. The van der Waals surface area contributed by atoms with Crippen LogP contribution in [-0.4, -0.2) is 38.3 Å². The van der Waals surface area contributed by atoms with Crippen molar-refractivity contribution in [3.8, 4) is 17.6 Å². The first-order chi connectivity index (χ1) is 16.0. The number of rotatable bonds is 12. The zero-order chi connectivity index (χ0) is 23.6. The van der Waals surface area contributed by atoms with Gasteiger partial charge in [-0.1, -0.05) is 44.7 Å². The quantitative estimate of drug-likeness (QED) is 0.393. The van der Waals surface area contributed by atoms with Crippen LogP contribution in [0, 0.1) is 17.2 Å². The highest BCUT2D eigenvalue weighted by atomic mass is 32.2. The van der Waals surface area contributed by atoms with E-state index in [9.17, 15) is 5.11 Å². The molecule has 0 fully saturated rings. The number of nitriles is 1. The molecule has 0 amide bonds. The zero-order valence-corrected chi connectivity index (χ0v) is 20.1. The Morgan fingerprint density at radius 3 is 2.33 bits per heavy atom. The highest BCUT2D eigenvalue weighted by molar-refractivity contribution is 7.99. The van der Waals surface area contributed by atoms with Crippen molar-refractivity contribution in [2.75, 3.05) is 12.4 Å². The maximum absolute atomic E-state index is 10.4. The third-order valence-corrected chi connectivity index (χ3v) is 5.98. The summed E-state index contributed by atoms with van der Waals surface area (Å²) in [6.07, 6.45) is 0.320. The number of ether oxygens (including phenoxy) is 2. The summed E-state index contributed by atoms with van der Waals surface area (Å²) in [4.78, 5) is 0. The average molecular weight is 467 g/mol. The van der Waals surface area contributed by atoms with Crippen LogP contribution in [0.5, 0.6) is 11.5 Å². The number of benzene rings is 2. The van der Waals surface area contributed by atoms with Crippen molar-refractivity contribution in [2.45, 2.75) is 51.6 Å². The second kappa shape index (κ2) is 12.3. The predicted molar refractivity (Wildman–Crippen MR) is 128 cm³/mol. The molecule has 1 aromatic heterocycles. The maximum Gasteiger partial charge on any atom is 0.191 e. The van der Waals surface area contributed by atoms with Crippen molar-refractivity contribution < 1.29 is 14.6 Å². The summed E-state index contributed by atoms with van der Waals surface area (Å²) in [5.41, 5.74) is 1.84. The molecule has 0 aliphatic heterocycles. The lowest BCUT2D eigenvalue weighted by Gasteiger charge is -2.15. The second-order valence-electron chi connectivity index (χ2n) is 8.10. The standard InChI is InChI=1S/C25H30N4O3S/c1-4-19-5-9-23(10-6-19)32-16-24-27-28-25(29(24)14-18(2)3)33-17-21(30)15-31-22-11-7-20(13-26)8-12-22/h5-12,18,21,30H,4,14-17H2,1-3H3. The van der Waals surface area contributed by atoms with Crippen LogP contribution >= 0.6 is 11.8 Å². The van der Waals surface area contributed by atoms with E-state index in [2.05, 4.69) is 53.7 Å². The van der Waals surface area contributed by atoms with Crippen molar-refractivity contribution in [1.29, 1.82) is 5.26 Å². The van der Waals surface area contributed by atoms with Crippen LogP contribution in [0.1, 0.15) is 37.7 Å². The van der Waals surface area contributed by atoms with E-state index >= 15 is 0 Å². The fourth-order valence-corrected chi connectivity index (χ4v) is 3.96. The molecule has 33 heavy (non-hydrogen) atoms. The van der Waals surface area contributed by atoms with Crippen LogP contribution < -0.4 is 9.47 Å². The molecule has 1 heterocycles. The van der Waals surface area contributed by atoms with Gasteiger partial charge in [-0.2, -0.15) is 5.26 Å². The molecule has 8 heteroatoms. The molecule has 0 saturated heterocycles. The molecule has 3 aromatic rings. The minimum absolute atomic E-state index is 0.154. The van der Waals surface area contributed by atoms with Gasteiger partial charge in [0.25, 0.3) is 0 Å². The minimum atomic E-state index is -0.674. The molecule has 3 rings (SSSR count). The van der Waals surface area contributed by atoms with Gasteiger partial charge in [-0.25, -0.2) is 0 Å². The molecular formula is C25H30N4O3S. The van der Waals surface area contributed by atoms with E-state index < -0.39 is 6.10 Å². The lowest BCUT2D eigenvalue weighted by atomic mass is 10.2. The summed E-state index contributed by atoms with van der Waals surface area (Å²) < 4.78 is 13.6. The van der Waals surface area contributed by atoms with Gasteiger partial charge < -0.3 is 19.1 Å². The first-order valence-corrected chi connectivity index (χ1v) is 12.0. The molecule has 1 unspecified atom stereocenters. The predicted octanol–water partition coefficient (Wildman–Crippen LogP) is 4.48. The van der Waals surface area contributed by atoms with Gasteiger partial charge in [0.15, 0.2) is 11.0 Å². The summed E-state index contributed by atoms with van der Waals surface area (Å²) in [6.45, 7) is 7.66. The van der Waals surface area contributed by atoms with Crippen LogP contribution in [0.25, 0.3) is 0 Å². The molecule has 1 atom stereocenters. The summed E-state index contributed by atoms with van der Waals surface area (Å²) in [5, 5.41) is 28.6. The number of aromatic nitrogens is 3. The average Bonchev–Trinajstić information content (AvgIpc) is 3.21. The van der Waals surface area contributed by atoms with E-state index in [1.54, 1.807) is 24.3 Å². The SMILES string of the molecule is CCc1ccc(OCc2nnc(SCC(O)COc3ccc(C#N)cc3)n2CC(C)C)cc1. The summed E-state index contributed by atoms with van der Waals surface area (Å²) in [7, 11) is 0. The smallest absolute Gasteiger partial charge is 0.191 e. The van der Waals surface area contributed by atoms with Gasteiger partial charge in [0.1, 0.15) is 24.7 Å². The van der Waals surface area contributed by atoms with E-state index in [-0.39, 0.29) is 6.61 Å². The van der Waals surface area contributed by atoms with Gasteiger partial charge in [-0.3, -0.25) is 0 Å². The van der Waals surface area contributed by atoms with E-state index in [0.717, 1.165) is 29.7 Å². The Kier molecular flexibility index (Phi) is 9.16. The van der Waals surface area contributed by atoms with Crippen LogP contribution in [0.2, 0.25) is 0 Å². The zero-order valence-electron chi connectivity index (χ0n) is 19.3. The van der Waals surface area contributed by atoms with Crippen LogP contribution in [0.3, 0.4) is 0 Å². The third kappa shape index (κ3) is 7.52. The largest absolute Gasteiger partial charge is 0.491 e. The summed E-state index contributed by atoms with van der Waals surface area (Å²) >= 11 is 1.45. The molecule has 0 bridgehead atoms. The van der Waals surface area contributed by atoms with E-state index in [0.29, 0.717) is 29.6 Å². The van der Waals surface area contributed by atoms with Gasteiger partial charge in [0, 0.05) is 12.3 Å². The highest BCUT2D eigenvalue weighted by Crippen LogP contribution is 2.22. The second-order valence-corrected chi connectivity index (χ2v) is 9.09. The van der Waals surface area contributed by atoms with Crippen LogP contribution in [0.4, 0.5) is 0 Å². The van der Waals surface area contributed by atoms with Crippen molar-refractivity contribution in [3.63, 3.8) is 0 Å². The normalized spacial score (nSPS) is 11.9. The molecule has 0 aliphatic rings.